The predicted molar refractivity (Wildman–Crippen MR) is 123 cm³/mol. The minimum Gasteiger partial charge on any atom is -0.493 e. The smallest absolute Gasteiger partial charge is 0.277 e. The summed E-state index contributed by atoms with van der Waals surface area (Å²) in [4.78, 5) is 17.0. The molecular weight excluding hydrogens is 432 g/mol. The van der Waals surface area contributed by atoms with Crippen LogP contribution in [-0.4, -0.2) is 29.8 Å². The van der Waals surface area contributed by atoms with Gasteiger partial charge in [0.25, 0.3) is 5.91 Å². The zero-order valence-corrected chi connectivity index (χ0v) is 18.6. The first-order valence-electron chi connectivity index (χ1n) is 9.55. The summed E-state index contributed by atoms with van der Waals surface area (Å²) in [6, 6.07) is 13.1. The van der Waals surface area contributed by atoms with Gasteiger partial charge in [-0.25, -0.2) is 4.99 Å². The first-order valence-corrected chi connectivity index (χ1v) is 10.8. The number of benzene rings is 2. The van der Waals surface area contributed by atoms with Crippen molar-refractivity contribution in [2.24, 2.45) is 4.99 Å². The van der Waals surface area contributed by atoms with Gasteiger partial charge in [-0.1, -0.05) is 24.3 Å². The van der Waals surface area contributed by atoms with Crippen LogP contribution in [-0.2, 0) is 17.8 Å². The predicted octanol–water partition coefficient (Wildman–Crippen LogP) is 3.27. The molecular formula is C23H20N2O4S2. The number of ether oxygens (including phenoxy) is 2. The number of carbonyl (C=O) groups is 1. The molecule has 4 rings (SSSR count). The normalized spacial score (nSPS) is 14.0. The van der Waals surface area contributed by atoms with Crippen LogP contribution in [0.5, 0.6) is 17.4 Å². The van der Waals surface area contributed by atoms with E-state index in [1.165, 1.54) is 11.3 Å². The quantitative estimate of drug-likeness (QED) is 0.459. The maximum absolute atomic E-state index is 12.4. The lowest BCUT2D eigenvalue weighted by atomic mass is 10.1. The van der Waals surface area contributed by atoms with E-state index in [0.717, 1.165) is 10.8 Å². The maximum Gasteiger partial charge on any atom is 0.277 e. The van der Waals surface area contributed by atoms with E-state index in [2.05, 4.69) is 4.99 Å². The van der Waals surface area contributed by atoms with Gasteiger partial charge in [-0.05, 0) is 54.6 Å². The van der Waals surface area contributed by atoms with E-state index < -0.39 is 0 Å². The second-order valence-electron chi connectivity index (χ2n) is 6.87. The highest BCUT2D eigenvalue weighted by Gasteiger charge is 2.15. The van der Waals surface area contributed by atoms with Gasteiger partial charge in [-0.3, -0.25) is 9.36 Å². The lowest BCUT2D eigenvalue weighted by molar-refractivity contribution is -0.114. The molecule has 0 spiro atoms. The summed E-state index contributed by atoms with van der Waals surface area (Å²) in [5, 5.41) is 12.3. The molecule has 0 bridgehead atoms. The number of rotatable bonds is 6. The van der Waals surface area contributed by atoms with Crippen molar-refractivity contribution in [1.29, 1.82) is 0 Å². The van der Waals surface area contributed by atoms with Gasteiger partial charge < -0.3 is 14.6 Å². The molecule has 0 saturated carbocycles. The number of carbonyl (C=O) groups excluding carboxylic acids is 1. The fourth-order valence-electron chi connectivity index (χ4n) is 3.34. The molecule has 2 aromatic carbocycles. The van der Waals surface area contributed by atoms with Gasteiger partial charge in [0.1, 0.15) is 0 Å². The number of fused-ring (bicyclic) bond motifs is 1. The van der Waals surface area contributed by atoms with E-state index in [0.29, 0.717) is 44.2 Å². The third-order valence-electron chi connectivity index (χ3n) is 4.97. The Morgan fingerprint density at radius 1 is 1.16 bits per heavy atom. The highest BCUT2D eigenvalue weighted by Crippen LogP contribution is 2.31. The minimum absolute atomic E-state index is 0.0445. The average Bonchev–Trinajstić information content (AvgIpc) is 3.04. The van der Waals surface area contributed by atoms with Crippen molar-refractivity contribution in [3.8, 4) is 17.4 Å². The number of aromatic hydroxyl groups is 1. The van der Waals surface area contributed by atoms with E-state index in [1.807, 2.05) is 36.4 Å². The zero-order valence-electron chi connectivity index (χ0n) is 17.0. The van der Waals surface area contributed by atoms with E-state index in [9.17, 15) is 9.90 Å². The first kappa shape index (κ1) is 21.0. The standard InChI is InChI=1S/C23H20N2O4S2/c1-28-18-8-7-14(11-19(18)29-2)9-10-25-22(27)20(31-23(25)30)13-16-12-15-5-3-4-6-17(15)24-21(16)26/h3-8,11-13,27H,9-10H2,1-2H3/b16-13+. The number of para-hydroxylation sites is 1. The van der Waals surface area contributed by atoms with Gasteiger partial charge in [0.2, 0.25) is 5.88 Å². The SMILES string of the molecule is COc1ccc(CCn2c(O)c(/C=C3\C=c4ccccc4=NC3=O)sc2=S)cc1OC. The molecule has 31 heavy (non-hydrogen) atoms. The molecule has 158 valence electrons. The lowest BCUT2D eigenvalue weighted by Crippen LogP contribution is -2.29. The second-order valence-corrected chi connectivity index (χ2v) is 8.54. The van der Waals surface area contributed by atoms with Gasteiger partial charge in [0.15, 0.2) is 15.5 Å². The molecule has 2 heterocycles. The van der Waals surface area contributed by atoms with Crippen LogP contribution in [0.4, 0.5) is 0 Å². The summed E-state index contributed by atoms with van der Waals surface area (Å²) in [5.74, 6) is 1.02. The van der Waals surface area contributed by atoms with Crippen LogP contribution in [0.25, 0.3) is 12.2 Å². The zero-order chi connectivity index (χ0) is 22.0. The van der Waals surface area contributed by atoms with Crippen LogP contribution < -0.4 is 20.0 Å². The largest absolute Gasteiger partial charge is 0.493 e. The number of methoxy groups -OCH3 is 2. The summed E-state index contributed by atoms with van der Waals surface area (Å²) in [6.45, 7) is 0.491. The molecule has 1 amide bonds. The Kier molecular flexibility index (Phi) is 6.01. The van der Waals surface area contributed by atoms with E-state index in [-0.39, 0.29) is 11.8 Å². The second kappa shape index (κ2) is 8.87. The van der Waals surface area contributed by atoms with Crippen LogP contribution in [0.3, 0.4) is 0 Å². The van der Waals surface area contributed by atoms with Gasteiger partial charge in [-0.15, -0.1) is 11.3 Å². The first-order chi connectivity index (χ1) is 15.0. The Balaban J connectivity index is 1.60. The third-order valence-corrected chi connectivity index (χ3v) is 6.35. The number of aryl methyl sites for hydroxylation is 1. The highest BCUT2D eigenvalue weighted by atomic mass is 32.1. The fraction of sp³-hybridized carbons (Fsp3) is 0.174. The molecule has 1 N–H and O–H groups in total. The molecule has 0 saturated heterocycles. The van der Waals surface area contributed by atoms with Gasteiger partial charge in [-0.2, -0.15) is 0 Å². The Morgan fingerprint density at radius 2 is 1.94 bits per heavy atom. The number of hydrogen-bond donors (Lipinski definition) is 1. The summed E-state index contributed by atoms with van der Waals surface area (Å²) in [7, 11) is 3.19. The molecule has 8 heteroatoms. The van der Waals surface area contributed by atoms with Crippen molar-refractivity contribution in [2.45, 2.75) is 13.0 Å². The van der Waals surface area contributed by atoms with Crippen molar-refractivity contribution in [3.05, 3.63) is 73.0 Å². The van der Waals surface area contributed by atoms with Crippen molar-refractivity contribution in [3.63, 3.8) is 0 Å². The molecule has 3 aromatic rings. The lowest BCUT2D eigenvalue weighted by Gasteiger charge is -2.10. The van der Waals surface area contributed by atoms with Crippen molar-refractivity contribution in [2.75, 3.05) is 14.2 Å². The third kappa shape index (κ3) is 4.30. The average molecular weight is 453 g/mol. The molecule has 6 nitrogen and oxygen atoms in total. The molecule has 1 aliphatic heterocycles. The van der Waals surface area contributed by atoms with E-state index in [4.69, 9.17) is 21.7 Å². The Hall–Kier alpha value is -3.23. The minimum atomic E-state index is -0.339. The van der Waals surface area contributed by atoms with E-state index >= 15 is 0 Å². The molecule has 1 aromatic heterocycles. The van der Waals surface area contributed by atoms with E-state index in [1.54, 1.807) is 37.0 Å². The van der Waals surface area contributed by atoms with Gasteiger partial charge in [0.05, 0.1) is 24.5 Å². The number of aromatic nitrogens is 1. The van der Waals surface area contributed by atoms with Crippen molar-refractivity contribution >= 4 is 41.6 Å². The topological polar surface area (TPSA) is 73.0 Å². The van der Waals surface area contributed by atoms with Crippen LogP contribution in [0, 0.1) is 3.95 Å². The van der Waals surface area contributed by atoms with Gasteiger partial charge in [0, 0.05) is 17.3 Å². The number of amides is 1. The van der Waals surface area contributed by atoms with Crippen LogP contribution >= 0.6 is 23.6 Å². The van der Waals surface area contributed by atoms with Crippen LogP contribution in [0.1, 0.15) is 10.4 Å². The number of nitrogens with zero attached hydrogens (tertiary/aromatic N) is 2. The monoisotopic (exact) mass is 452 g/mol. The molecule has 0 fully saturated rings. The van der Waals surface area contributed by atoms with Crippen LogP contribution in [0.15, 0.2) is 53.0 Å². The van der Waals surface area contributed by atoms with Gasteiger partial charge >= 0.3 is 0 Å². The molecule has 0 radical (unpaired) electrons. The number of hydrogen-bond acceptors (Lipinski definition) is 6. The summed E-state index contributed by atoms with van der Waals surface area (Å²) in [6.07, 6.45) is 4.06. The summed E-state index contributed by atoms with van der Waals surface area (Å²) >= 11 is 6.71. The Morgan fingerprint density at radius 3 is 2.71 bits per heavy atom. The van der Waals surface area contributed by atoms with Crippen LogP contribution in [0.2, 0.25) is 0 Å². The fourth-order valence-corrected chi connectivity index (χ4v) is 4.65. The Bertz CT molecular complexity index is 1370. The molecule has 0 atom stereocenters. The summed E-state index contributed by atoms with van der Waals surface area (Å²) in [5.41, 5.74) is 1.44. The molecule has 0 unspecified atom stereocenters. The van der Waals surface area contributed by atoms with Crippen molar-refractivity contribution < 1.29 is 19.4 Å². The van der Waals surface area contributed by atoms with Crippen molar-refractivity contribution in [1.82, 2.24) is 4.57 Å². The number of thiazole rings is 1. The summed E-state index contributed by atoms with van der Waals surface area (Å²) < 4.78 is 12.8. The Labute approximate surface area is 188 Å². The maximum atomic E-state index is 12.4. The molecule has 1 aliphatic rings. The molecule has 0 aliphatic carbocycles. The highest BCUT2D eigenvalue weighted by molar-refractivity contribution is 7.73.